The maximum Gasteiger partial charge on any atom is 0.258 e. The van der Waals surface area contributed by atoms with Crippen LogP contribution < -0.4 is 15.8 Å². The molecule has 0 fully saturated rings. The van der Waals surface area contributed by atoms with Crippen molar-refractivity contribution in [1.29, 1.82) is 0 Å². The molecule has 0 atom stereocenters. The second-order valence-corrected chi connectivity index (χ2v) is 5.81. The number of benzene rings is 1. The number of ether oxygens (including phenoxy) is 1. The van der Waals surface area contributed by atoms with E-state index in [2.05, 4.69) is 10.3 Å². The molecule has 2 rings (SSSR count). The summed E-state index contributed by atoms with van der Waals surface area (Å²) in [6.07, 6.45) is 0. The van der Waals surface area contributed by atoms with Gasteiger partial charge in [0.1, 0.15) is 10.7 Å². The summed E-state index contributed by atoms with van der Waals surface area (Å²) in [7, 11) is 0. The van der Waals surface area contributed by atoms with Gasteiger partial charge >= 0.3 is 0 Å². The lowest BCUT2D eigenvalue weighted by atomic mass is 10.2. The normalized spacial score (nSPS) is 10.1. The van der Waals surface area contributed by atoms with Crippen molar-refractivity contribution in [3.8, 4) is 5.75 Å². The van der Waals surface area contributed by atoms with E-state index in [4.69, 9.17) is 22.7 Å². The van der Waals surface area contributed by atoms with Crippen LogP contribution in [0.3, 0.4) is 0 Å². The molecule has 0 radical (unpaired) electrons. The van der Waals surface area contributed by atoms with Crippen LogP contribution in [0.2, 0.25) is 0 Å². The monoisotopic (exact) mass is 321 g/mol. The number of amides is 1. The molecule has 0 unspecified atom stereocenters. The molecule has 0 saturated carbocycles. The molecule has 0 saturated heterocycles. The van der Waals surface area contributed by atoms with Crippen molar-refractivity contribution >= 4 is 34.5 Å². The maximum absolute atomic E-state index is 11.7. The summed E-state index contributed by atoms with van der Waals surface area (Å²) >= 11 is 6.42. The number of hydrogen-bond donors (Lipinski definition) is 2. The van der Waals surface area contributed by atoms with Crippen molar-refractivity contribution in [3.05, 3.63) is 45.9 Å². The number of aryl methyl sites for hydroxylation is 1. The number of carbonyl (C=O) groups excluding carboxylic acids is 1. The standard InChI is InChI=1S/C14H15N3O2S2/c1-9-17-11(8-21-9)6-16-13(18)7-19-12-4-2-10(3-5-12)14(15)20/h2-5,8H,6-7H2,1H3,(H2,15,20)(H,16,18). The van der Waals surface area contributed by atoms with E-state index in [-0.39, 0.29) is 12.5 Å². The smallest absolute Gasteiger partial charge is 0.258 e. The molecule has 1 heterocycles. The van der Waals surface area contributed by atoms with Gasteiger partial charge in [-0.2, -0.15) is 0 Å². The van der Waals surface area contributed by atoms with Crippen LogP contribution in [0, 0.1) is 6.92 Å². The molecule has 5 nitrogen and oxygen atoms in total. The Balaban J connectivity index is 1.77. The second-order valence-electron chi connectivity index (χ2n) is 4.31. The number of hydrogen-bond acceptors (Lipinski definition) is 5. The summed E-state index contributed by atoms with van der Waals surface area (Å²) in [5.74, 6) is 0.397. The Hall–Kier alpha value is -1.99. The molecule has 0 bridgehead atoms. The highest BCUT2D eigenvalue weighted by Crippen LogP contribution is 2.12. The van der Waals surface area contributed by atoms with Crippen molar-refractivity contribution in [3.63, 3.8) is 0 Å². The summed E-state index contributed by atoms with van der Waals surface area (Å²) in [6.45, 7) is 2.29. The fourth-order valence-corrected chi connectivity index (χ4v) is 2.34. The molecule has 3 N–H and O–H groups in total. The zero-order valence-corrected chi connectivity index (χ0v) is 13.1. The quantitative estimate of drug-likeness (QED) is 0.793. The first-order chi connectivity index (χ1) is 10.0. The maximum atomic E-state index is 11.7. The minimum atomic E-state index is -0.195. The van der Waals surface area contributed by atoms with Crippen molar-refractivity contribution in [2.75, 3.05) is 6.61 Å². The highest BCUT2D eigenvalue weighted by molar-refractivity contribution is 7.80. The Labute approximate surface area is 132 Å². The van der Waals surface area contributed by atoms with Gasteiger partial charge in [-0.1, -0.05) is 12.2 Å². The third-order valence-corrected chi connectivity index (χ3v) is 3.70. The van der Waals surface area contributed by atoms with Crippen molar-refractivity contribution in [2.24, 2.45) is 5.73 Å². The lowest BCUT2D eigenvalue weighted by Crippen LogP contribution is -2.28. The van der Waals surface area contributed by atoms with E-state index in [1.807, 2.05) is 12.3 Å². The van der Waals surface area contributed by atoms with Gasteiger partial charge < -0.3 is 15.8 Å². The van der Waals surface area contributed by atoms with Gasteiger partial charge in [0.2, 0.25) is 0 Å². The van der Waals surface area contributed by atoms with Crippen LogP contribution in [0.15, 0.2) is 29.6 Å². The average Bonchev–Trinajstić information content (AvgIpc) is 2.89. The number of thiazole rings is 1. The van der Waals surface area contributed by atoms with Gasteiger partial charge in [-0.25, -0.2) is 4.98 Å². The number of thiocarbonyl (C=S) groups is 1. The van der Waals surface area contributed by atoms with Crippen LogP contribution in [0.4, 0.5) is 0 Å². The number of rotatable bonds is 6. The largest absolute Gasteiger partial charge is 0.484 e. The summed E-state index contributed by atoms with van der Waals surface area (Å²) in [6, 6.07) is 6.97. The van der Waals surface area contributed by atoms with Crippen molar-refractivity contribution < 1.29 is 9.53 Å². The van der Waals surface area contributed by atoms with Crippen LogP contribution in [0.5, 0.6) is 5.75 Å². The lowest BCUT2D eigenvalue weighted by molar-refractivity contribution is -0.123. The molecule has 110 valence electrons. The highest BCUT2D eigenvalue weighted by atomic mass is 32.1. The lowest BCUT2D eigenvalue weighted by Gasteiger charge is -2.07. The van der Waals surface area contributed by atoms with Gasteiger partial charge in [0.25, 0.3) is 5.91 Å². The van der Waals surface area contributed by atoms with Crippen LogP contribution in [-0.4, -0.2) is 22.5 Å². The molecular formula is C14H15N3O2S2. The number of carbonyl (C=O) groups is 1. The first-order valence-corrected chi connectivity index (χ1v) is 7.54. The number of nitrogens with zero attached hydrogens (tertiary/aromatic N) is 1. The van der Waals surface area contributed by atoms with E-state index in [9.17, 15) is 4.79 Å². The van der Waals surface area contributed by atoms with Crippen LogP contribution >= 0.6 is 23.6 Å². The Morgan fingerprint density at radius 1 is 1.43 bits per heavy atom. The van der Waals surface area contributed by atoms with Crippen molar-refractivity contribution in [2.45, 2.75) is 13.5 Å². The molecule has 2 aromatic rings. The first-order valence-electron chi connectivity index (χ1n) is 6.25. The minimum absolute atomic E-state index is 0.0461. The SMILES string of the molecule is Cc1nc(CNC(=O)COc2ccc(C(N)=S)cc2)cs1. The highest BCUT2D eigenvalue weighted by Gasteiger charge is 2.05. The Kier molecular flexibility index (Phi) is 5.24. The van der Waals surface area contributed by atoms with Gasteiger partial charge in [0, 0.05) is 10.9 Å². The number of nitrogens with one attached hydrogen (secondary N) is 1. The Bertz CT molecular complexity index is 638. The minimum Gasteiger partial charge on any atom is -0.484 e. The summed E-state index contributed by atoms with van der Waals surface area (Å²) in [5, 5.41) is 5.65. The molecule has 1 amide bonds. The zero-order chi connectivity index (χ0) is 15.2. The van der Waals surface area contributed by atoms with Gasteiger partial charge in [-0.3, -0.25) is 4.79 Å². The van der Waals surface area contributed by atoms with E-state index in [0.717, 1.165) is 16.3 Å². The predicted octanol–water partition coefficient (Wildman–Crippen LogP) is 1.78. The fraction of sp³-hybridized carbons (Fsp3) is 0.214. The summed E-state index contributed by atoms with van der Waals surface area (Å²) < 4.78 is 5.38. The third-order valence-electron chi connectivity index (χ3n) is 2.64. The molecule has 21 heavy (non-hydrogen) atoms. The fourth-order valence-electron chi connectivity index (χ4n) is 1.59. The summed E-state index contributed by atoms with van der Waals surface area (Å²) in [5.41, 5.74) is 7.12. The van der Waals surface area contributed by atoms with Gasteiger partial charge in [0.15, 0.2) is 6.61 Å². The average molecular weight is 321 g/mol. The van der Waals surface area contributed by atoms with Crippen LogP contribution in [0.1, 0.15) is 16.3 Å². The molecule has 1 aromatic heterocycles. The molecule has 0 aliphatic rings. The molecule has 1 aromatic carbocycles. The molecule has 7 heteroatoms. The molecular weight excluding hydrogens is 306 g/mol. The second kappa shape index (κ2) is 7.14. The number of nitrogens with two attached hydrogens (primary N) is 1. The van der Waals surface area contributed by atoms with E-state index >= 15 is 0 Å². The van der Waals surface area contributed by atoms with E-state index < -0.39 is 0 Å². The predicted molar refractivity (Wildman–Crippen MR) is 86.5 cm³/mol. The third kappa shape index (κ3) is 4.80. The first kappa shape index (κ1) is 15.4. The molecule has 0 aliphatic heterocycles. The van der Waals surface area contributed by atoms with E-state index in [1.54, 1.807) is 35.6 Å². The Morgan fingerprint density at radius 3 is 2.71 bits per heavy atom. The van der Waals surface area contributed by atoms with Crippen LogP contribution in [0.25, 0.3) is 0 Å². The van der Waals surface area contributed by atoms with Crippen molar-refractivity contribution in [1.82, 2.24) is 10.3 Å². The van der Waals surface area contributed by atoms with Gasteiger partial charge in [-0.15, -0.1) is 11.3 Å². The Morgan fingerprint density at radius 2 is 2.14 bits per heavy atom. The van der Waals surface area contributed by atoms with E-state index in [0.29, 0.717) is 17.3 Å². The van der Waals surface area contributed by atoms with Gasteiger partial charge in [0.05, 0.1) is 17.2 Å². The topological polar surface area (TPSA) is 77.2 Å². The molecule has 0 spiro atoms. The van der Waals surface area contributed by atoms with Crippen LogP contribution in [-0.2, 0) is 11.3 Å². The van der Waals surface area contributed by atoms with E-state index in [1.165, 1.54) is 0 Å². The summed E-state index contributed by atoms with van der Waals surface area (Å²) in [4.78, 5) is 16.3. The molecule has 0 aliphatic carbocycles. The van der Waals surface area contributed by atoms with Gasteiger partial charge in [-0.05, 0) is 31.2 Å². The zero-order valence-electron chi connectivity index (χ0n) is 11.5. The number of aromatic nitrogens is 1.